The third kappa shape index (κ3) is 6.77. The fourth-order valence-electron chi connectivity index (χ4n) is 2.57. The van der Waals surface area contributed by atoms with Crippen molar-refractivity contribution in [3.8, 4) is 5.75 Å². The normalized spacial score (nSPS) is 11.1. The summed E-state index contributed by atoms with van der Waals surface area (Å²) in [5, 5.41) is 3.28. The number of nitrogens with zero attached hydrogens (tertiary/aromatic N) is 1. The lowest BCUT2D eigenvalue weighted by atomic mass is 10.2. The van der Waals surface area contributed by atoms with Crippen molar-refractivity contribution in [2.45, 2.75) is 19.4 Å². The highest BCUT2D eigenvalue weighted by Gasteiger charge is 2.17. The van der Waals surface area contributed by atoms with Crippen LogP contribution in [0.4, 0.5) is 5.69 Å². The van der Waals surface area contributed by atoms with Crippen molar-refractivity contribution < 1.29 is 17.9 Å². The Labute approximate surface area is 165 Å². The molecule has 2 aromatic rings. The number of halogens is 1. The molecule has 0 aliphatic heterocycles. The Morgan fingerprint density at radius 1 is 1.19 bits per heavy atom. The van der Waals surface area contributed by atoms with Crippen LogP contribution in [-0.4, -0.2) is 34.2 Å². The van der Waals surface area contributed by atoms with Gasteiger partial charge >= 0.3 is 0 Å². The SMILES string of the molecule is COc1cccc(CNC(=O)CCCN(c2cccc(Cl)c2)S(C)(=O)=O)c1. The second-order valence-electron chi connectivity index (χ2n) is 6.05. The third-order valence-electron chi connectivity index (χ3n) is 3.89. The van der Waals surface area contributed by atoms with Crippen molar-refractivity contribution in [2.24, 2.45) is 0 Å². The molecule has 2 aromatic carbocycles. The highest BCUT2D eigenvalue weighted by molar-refractivity contribution is 7.92. The molecule has 0 aliphatic rings. The predicted molar refractivity (Wildman–Crippen MR) is 108 cm³/mol. The molecular formula is C19H23ClN2O4S. The number of nitrogens with one attached hydrogen (secondary N) is 1. The Hall–Kier alpha value is -2.25. The van der Waals surface area contributed by atoms with Crippen LogP contribution >= 0.6 is 11.6 Å². The van der Waals surface area contributed by atoms with Gasteiger partial charge in [0.2, 0.25) is 15.9 Å². The number of amides is 1. The number of rotatable bonds is 9. The maximum Gasteiger partial charge on any atom is 0.232 e. The predicted octanol–water partition coefficient (Wildman–Crippen LogP) is 3.21. The first kappa shape index (κ1) is 21.1. The average molecular weight is 411 g/mol. The first-order valence-electron chi connectivity index (χ1n) is 8.42. The third-order valence-corrected chi connectivity index (χ3v) is 5.31. The smallest absolute Gasteiger partial charge is 0.232 e. The van der Waals surface area contributed by atoms with Gasteiger partial charge in [-0.1, -0.05) is 29.8 Å². The summed E-state index contributed by atoms with van der Waals surface area (Å²) in [5.41, 5.74) is 1.42. The van der Waals surface area contributed by atoms with E-state index >= 15 is 0 Å². The lowest BCUT2D eigenvalue weighted by Gasteiger charge is -2.22. The molecule has 0 bridgehead atoms. The summed E-state index contributed by atoms with van der Waals surface area (Å²) >= 11 is 5.95. The summed E-state index contributed by atoms with van der Waals surface area (Å²) in [6.07, 6.45) is 1.75. The van der Waals surface area contributed by atoms with Crippen LogP contribution in [0, 0.1) is 0 Å². The van der Waals surface area contributed by atoms with Crippen LogP contribution in [-0.2, 0) is 21.4 Å². The molecule has 0 heterocycles. The fraction of sp³-hybridized carbons (Fsp3) is 0.316. The number of carbonyl (C=O) groups excluding carboxylic acids is 1. The minimum Gasteiger partial charge on any atom is -0.497 e. The number of hydrogen-bond acceptors (Lipinski definition) is 4. The topological polar surface area (TPSA) is 75.7 Å². The number of sulfonamides is 1. The van der Waals surface area contributed by atoms with E-state index in [0.717, 1.165) is 17.6 Å². The fourth-order valence-corrected chi connectivity index (χ4v) is 3.71. The van der Waals surface area contributed by atoms with E-state index < -0.39 is 10.0 Å². The Balaban J connectivity index is 1.87. The lowest BCUT2D eigenvalue weighted by Crippen LogP contribution is -2.32. The van der Waals surface area contributed by atoms with Crippen molar-refractivity contribution in [2.75, 3.05) is 24.2 Å². The van der Waals surface area contributed by atoms with Gasteiger partial charge in [-0.2, -0.15) is 0 Å². The number of methoxy groups -OCH3 is 1. The van der Waals surface area contributed by atoms with Crippen LogP contribution in [0.2, 0.25) is 5.02 Å². The van der Waals surface area contributed by atoms with Gasteiger partial charge in [0.05, 0.1) is 19.1 Å². The average Bonchev–Trinajstić information content (AvgIpc) is 2.62. The van der Waals surface area contributed by atoms with Gasteiger partial charge in [0.15, 0.2) is 0 Å². The van der Waals surface area contributed by atoms with Crippen LogP contribution < -0.4 is 14.4 Å². The number of carbonyl (C=O) groups is 1. The van der Waals surface area contributed by atoms with Crippen LogP contribution in [0.1, 0.15) is 18.4 Å². The second-order valence-corrected chi connectivity index (χ2v) is 8.39. The zero-order chi connectivity index (χ0) is 19.9. The van der Waals surface area contributed by atoms with Gasteiger partial charge in [-0.3, -0.25) is 9.10 Å². The molecule has 0 spiro atoms. The Morgan fingerprint density at radius 3 is 2.59 bits per heavy atom. The summed E-state index contributed by atoms with van der Waals surface area (Å²) in [7, 11) is -1.88. The molecule has 1 N–H and O–H groups in total. The summed E-state index contributed by atoms with van der Waals surface area (Å²) in [4.78, 5) is 12.1. The molecule has 27 heavy (non-hydrogen) atoms. The molecule has 8 heteroatoms. The van der Waals surface area contributed by atoms with Gasteiger partial charge in [-0.05, 0) is 42.3 Å². The standard InChI is InChI=1S/C19H23ClN2O4S/c1-26-18-9-3-6-15(12-18)14-21-19(23)10-5-11-22(27(2,24)25)17-8-4-7-16(20)13-17/h3-4,6-9,12-13H,5,10-11,14H2,1-2H3,(H,21,23). The maximum atomic E-state index is 12.1. The van der Waals surface area contributed by atoms with E-state index in [0.29, 0.717) is 23.7 Å². The minimum atomic E-state index is -3.47. The van der Waals surface area contributed by atoms with E-state index in [4.69, 9.17) is 16.3 Å². The van der Waals surface area contributed by atoms with Gasteiger partial charge in [0.1, 0.15) is 5.75 Å². The molecule has 0 atom stereocenters. The minimum absolute atomic E-state index is 0.141. The molecule has 0 unspecified atom stereocenters. The second kappa shape index (κ2) is 9.62. The van der Waals surface area contributed by atoms with Crippen LogP contribution in [0.25, 0.3) is 0 Å². The summed E-state index contributed by atoms with van der Waals surface area (Å²) in [5.74, 6) is 0.587. The van der Waals surface area contributed by atoms with Crippen molar-refractivity contribution >= 4 is 33.2 Å². The Kier molecular flexibility index (Phi) is 7.50. The first-order chi connectivity index (χ1) is 12.8. The number of benzene rings is 2. The largest absolute Gasteiger partial charge is 0.497 e. The van der Waals surface area contributed by atoms with Crippen molar-refractivity contribution in [3.63, 3.8) is 0 Å². The van der Waals surface area contributed by atoms with Gasteiger partial charge < -0.3 is 10.1 Å². The highest BCUT2D eigenvalue weighted by atomic mass is 35.5. The molecule has 146 valence electrons. The molecule has 0 saturated heterocycles. The van der Waals surface area contributed by atoms with E-state index in [1.54, 1.807) is 31.4 Å². The lowest BCUT2D eigenvalue weighted by molar-refractivity contribution is -0.121. The van der Waals surface area contributed by atoms with Gasteiger partial charge in [0.25, 0.3) is 0 Å². The molecule has 0 saturated carbocycles. The molecule has 1 amide bonds. The molecule has 0 radical (unpaired) electrons. The number of anilines is 1. The van der Waals surface area contributed by atoms with Crippen molar-refractivity contribution in [1.29, 1.82) is 0 Å². The summed E-state index contributed by atoms with van der Waals surface area (Å²) in [6, 6.07) is 14.1. The monoisotopic (exact) mass is 410 g/mol. The first-order valence-corrected chi connectivity index (χ1v) is 10.6. The Bertz CT molecular complexity index is 887. The summed E-state index contributed by atoms with van der Waals surface area (Å²) in [6.45, 7) is 0.589. The molecule has 2 rings (SSSR count). The zero-order valence-corrected chi connectivity index (χ0v) is 16.9. The van der Waals surface area contributed by atoms with E-state index in [1.807, 2.05) is 24.3 Å². The summed E-state index contributed by atoms with van der Waals surface area (Å²) < 4.78 is 30.5. The zero-order valence-electron chi connectivity index (χ0n) is 15.3. The van der Waals surface area contributed by atoms with Crippen molar-refractivity contribution in [1.82, 2.24) is 5.32 Å². The molecule has 0 aromatic heterocycles. The van der Waals surface area contributed by atoms with Gasteiger partial charge in [-0.15, -0.1) is 0 Å². The Morgan fingerprint density at radius 2 is 1.93 bits per heavy atom. The molecule has 0 fully saturated rings. The molecule has 0 aliphatic carbocycles. The quantitative estimate of drug-likeness (QED) is 0.688. The van der Waals surface area contributed by atoms with Crippen LogP contribution in [0.15, 0.2) is 48.5 Å². The van der Waals surface area contributed by atoms with E-state index in [1.165, 1.54) is 4.31 Å². The van der Waals surface area contributed by atoms with Crippen molar-refractivity contribution in [3.05, 3.63) is 59.1 Å². The maximum absolute atomic E-state index is 12.1. The number of ether oxygens (including phenoxy) is 1. The van der Waals surface area contributed by atoms with E-state index in [-0.39, 0.29) is 18.9 Å². The van der Waals surface area contributed by atoms with E-state index in [2.05, 4.69) is 5.32 Å². The van der Waals surface area contributed by atoms with Crippen LogP contribution in [0.5, 0.6) is 5.75 Å². The van der Waals surface area contributed by atoms with E-state index in [9.17, 15) is 13.2 Å². The molecule has 6 nitrogen and oxygen atoms in total. The highest BCUT2D eigenvalue weighted by Crippen LogP contribution is 2.22. The molecular weight excluding hydrogens is 388 g/mol. The van der Waals surface area contributed by atoms with Gasteiger partial charge in [0, 0.05) is 24.5 Å². The number of hydrogen-bond donors (Lipinski definition) is 1. The van der Waals surface area contributed by atoms with Crippen LogP contribution in [0.3, 0.4) is 0 Å². The van der Waals surface area contributed by atoms with Gasteiger partial charge in [-0.25, -0.2) is 8.42 Å².